The Labute approximate surface area is 196 Å². The minimum atomic E-state index is 0.289. The molecule has 4 nitrogen and oxygen atoms in total. The molecule has 1 amide bonds. The molecule has 2 aromatic carbocycles. The Morgan fingerprint density at radius 1 is 1.10 bits per heavy atom. The highest BCUT2D eigenvalue weighted by molar-refractivity contribution is 9.10. The molecule has 0 unspecified atom stereocenters. The van der Waals surface area contributed by atoms with E-state index in [-0.39, 0.29) is 5.91 Å². The number of benzene rings is 2. The van der Waals surface area contributed by atoms with Gasteiger partial charge in [0.25, 0.3) is 0 Å². The smallest absolute Gasteiger partial charge is 0.222 e. The van der Waals surface area contributed by atoms with Crippen LogP contribution in [-0.4, -0.2) is 28.5 Å². The largest absolute Gasteiger partial charge is 0.343 e. The highest BCUT2D eigenvalue weighted by Gasteiger charge is 2.19. The van der Waals surface area contributed by atoms with Crippen molar-refractivity contribution < 1.29 is 4.79 Å². The number of hydrogen-bond donors (Lipinski definition) is 0. The maximum atomic E-state index is 12.0. The predicted octanol–water partition coefficient (Wildman–Crippen LogP) is 6.35. The molecule has 0 N–H and O–H groups in total. The van der Waals surface area contributed by atoms with Gasteiger partial charge >= 0.3 is 0 Å². The third-order valence-corrected chi connectivity index (χ3v) is 7.26. The van der Waals surface area contributed by atoms with Gasteiger partial charge in [0.1, 0.15) is 0 Å². The summed E-state index contributed by atoms with van der Waals surface area (Å²) in [6.45, 7) is 6.93. The Morgan fingerprint density at radius 2 is 1.87 bits per heavy atom. The number of aromatic nitrogens is 1. The van der Waals surface area contributed by atoms with E-state index in [1.807, 2.05) is 11.0 Å². The number of thiazole rings is 1. The van der Waals surface area contributed by atoms with Gasteiger partial charge in [0.05, 0.1) is 11.4 Å². The van der Waals surface area contributed by atoms with E-state index in [9.17, 15) is 4.79 Å². The second-order valence-electron chi connectivity index (χ2n) is 8.20. The topological polar surface area (TPSA) is 37.6 Å². The van der Waals surface area contributed by atoms with Gasteiger partial charge in [-0.05, 0) is 36.5 Å². The molecule has 2 heterocycles. The third kappa shape index (κ3) is 5.01. The average Bonchev–Trinajstić information content (AvgIpc) is 3.35. The first-order chi connectivity index (χ1) is 15.0. The van der Waals surface area contributed by atoms with E-state index < -0.39 is 0 Å². The molecule has 162 valence electrons. The van der Waals surface area contributed by atoms with Gasteiger partial charge < -0.3 is 9.47 Å². The molecular weight excluding hydrogens is 470 g/mol. The third-order valence-electron chi connectivity index (χ3n) is 5.70. The molecule has 1 aliphatic rings. The van der Waals surface area contributed by atoms with E-state index in [1.165, 1.54) is 5.56 Å². The van der Waals surface area contributed by atoms with Crippen molar-refractivity contribution in [2.75, 3.05) is 13.1 Å². The average molecular weight is 498 g/mol. The zero-order valence-electron chi connectivity index (χ0n) is 18.1. The first-order valence-electron chi connectivity index (χ1n) is 10.9. The molecule has 1 saturated heterocycles. The van der Waals surface area contributed by atoms with Gasteiger partial charge in [0, 0.05) is 41.5 Å². The summed E-state index contributed by atoms with van der Waals surface area (Å²) in [6.07, 6.45) is 2.60. The van der Waals surface area contributed by atoms with Crippen molar-refractivity contribution in [1.82, 2.24) is 9.47 Å². The molecule has 1 aliphatic heterocycles. The summed E-state index contributed by atoms with van der Waals surface area (Å²) in [7, 11) is 0. The van der Waals surface area contributed by atoms with Crippen molar-refractivity contribution >= 4 is 38.9 Å². The number of rotatable bonds is 7. The number of halogens is 1. The van der Waals surface area contributed by atoms with Crippen molar-refractivity contribution in [2.45, 2.75) is 45.6 Å². The summed E-state index contributed by atoms with van der Waals surface area (Å²) in [5.41, 5.74) is 4.61. The van der Waals surface area contributed by atoms with Gasteiger partial charge in [-0.15, -0.1) is 11.3 Å². The molecular formula is C25H28BrN3OS. The molecule has 0 atom stereocenters. The highest BCUT2D eigenvalue weighted by Crippen LogP contribution is 2.30. The Kier molecular flexibility index (Phi) is 7.08. The summed E-state index contributed by atoms with van der Waals surface area (Å²) in [4.78, 5) is 20.1. The number of carbonyl (C=O) groups excluding carboxylic acids is 1. The van der Waals surface area contributed by atoms with E-state index in [0.717, 1.165) is 58.7 Å². The molecule has 1 aromatic heterocycles. The molecule has 0 aliphatic carbocycles. The van der Waals surface area contributed by atoms with E-state index in [0.29, 0.717) is 12.3 Å². The zero-order chi connectivity index (χ0) is 21.8. The minimum absolute atomic E-state index is 0.289. The first kappa shape index (κ1) is 22.0. The van der Waals surface area contributed by atoms with Crippen LogP contribution in [0.15, 0.2) is 63.4 Å². The summed E-state index contributed by atoms with van der Waals surface area (Å²) >= 11 is 5.38. The minimum Gasteiger partial charge on any atom is -0.343 e. The Bertz CT molecular complexity index is 1130. The van der Waals surface area contributed by atoms with Crippen LogP contribution >= 0.6 is 27.3 Å². The van der Waals surface area contributed by atoms with Crippen LogP contribution in [0.4, 0.5) is 5.69 Å². The van der Waals surface area contributed by atoms with E-state index in [4.69, 9.17) is 4.99 Å². The fourth-order valence-corrected chi connectivity index (χ4v) is 5.49. The van der Waals surface area contributed by atoms with Gasteiger partial charge in [-0.3, -0.25) is 4.79 Å². The van der Waals surface area contributed by atoms with Crippen LogP contribution in [-0.2, 0) is 11.3 Å². The van der Waals surface area contributed by atoms with Crippen molar-refractivity contribution in [3.8, 4) is 11.3 Å². The summed E-state index contributed by atoms with van der Waals surface area (Å²) < 4.78 is 3.38. The second-order valence-corrected chi connectivity index (χ2v) is 9.89. The fraction of sp³-hybridized carbons (Fsp3) is 0.360. The molecule has 0 saturated carbocycles. The lowest BCUT2D eigenvalue weighted by Gasteiger charge is -2.16. The van der Waals surface area contributed by atoms with Crippen molar-refractivity contribution in [2.24, 2.45) is 4.99 Å². The quantitative estimate of drug-likeness (QED) is 0.374. The van der Waals surface area contributed by atoms with E-state index in [1.54, 1.807) is 11.3 Å². The zero-order valence-corrected chi connectivity index (χ0v) is 20.5. The molecule has 6 heteroatoms. The molecule has 3 aromatic rings. The first-order valence-corrected chi connectivity index (χ1v) is 12.6. The molecule has 0 radical (unpaired) electrons. The highest BCUT2D eigenvalue weighted by atomic mass is 79.9. The Morgan fingerprint density at radius 3 is 2.61 bits per heavy atom. The van der Waals surface area contributed by atoms with Gasteiger partial charge in [0.15, 0.2) is 4.80 Å². The number of para-hydroxylation sites is 1. The summed E-state index contributed by atoms with van der Waals surface area (Å²) in [6, 6.07) is 16.7. The lowest BCUT2D eigenvalue weighted by Crippen LogP contribution is -2.27. The van der Waals surface area contributed by atoms with Gasteiger partial charge in [-0.1, -0.05) is 66.2 Å². The van der Waals surface area contributed by atoms with Gasteiger partial charge in [0.2, 0.25) is 5.91 Å². The molecule has 4 rings (SSSR count). The van der Waals surface area contributed by atoms with Gasteiger partial charge in [-0.2, -0.15) is 0 Å². The lowest BCUT2D eigenvalue weighted by molar-refractivity contribution is -0.127. The van der Waals surface area contributed by atoms with Crippen LogP contribution in [0.3, 0.4) is 0 Å². The van der Waals surface area contributed by atoms with Gasteiger partial charge in [-0.25, -0.2) is 4.99 Å². The maximum absolute atomic E-state index is 12.0. The number of hydrogen-bond acceptors (Lipinski definition) is 3. The Balaban J connectivity index is 1.72. The summed E-state index contributed by atoms with van der Waals surface area (Å²) in [5.74, 6) is 0.703. The standard InChI is InChI=1S/C25H28BrN3OS/c1-18(2)19-9-4-6-12-22(19)27-25-29(16-8-15-28-14-7-13-24(28)30)23(17-31-25)20-10-3-5-11-21(20)26/h3-6,9-12,17-18H,7-8,13-16H2,1-2H3. The van der Waals surface area contributed by atoms with E-state index >= 15 is 0 Å². The van der Waals surface area contributed by atoms with Crippen molar-refractivity contribution in [3.05, 3.63) is 68.7 Å². The maximum Gasteiger partial charge on any atom is 0.222 e. The normalized spacial score (nSPS) is 14.8. The number of carbonyl (C=O) groups is 1. The van der Waals surface area contributed by atoms with Crippen LogP contribution in [0.1, 0.15) is 44.6 Å². The summed E-state index contributed by atoms with van der Waals surface area (Å²) in [5, 5.41) is 2.19. The fourth-order valence-electron chi connectivity index (χ4n) is 4.06. The van der Waals surface area contributed by atoms with Crippen LogP contribution in [0.2, 0.25) is 0 Å². The van der Waals surface area contributed by atoms with Crippen molar-refractivity contribution in [3.63, 3.8) is 0 Å². The number of amides is 1. The number of nitrogens with zero attached hydrogens (tertiary/aromatic N) is 3. The second kappa shape index (κ2) is 9.96. The SMILES string of the molecule is CC(C)c1ccccc1N=c1scc(-c2ccccc2Br)n1CCCN1CCCC1=O. The molecule has 1 fully saturated rings. The van der Waals surface area contributed by atoms with Crippen LogP contribution < -0.4 is 4.80 Å². The van der Waals surface area contributed by atoms with Crippen molar-refractivity contribution in [1.29, 1.82) is 0 Å². The lowest BCUT2D eigenvalue weighted by atomic mass is 10.0. The Hall–Kier alpha value is -2.18. The van der Waals surface area contributed by atoms with Crippen LogP contribution in [0, 0.1) is 0 Å². The molecule has 0 bridgehead atoms. The monoisotopic (exact) mass is 497 g/mol. The molecule has 31 heavy (non-hydrogen) atoms. The van der Waals surface area contributed by atoms with E-state index in [2.05, 4.69) is 82.2 Å². The predicted molar refractivity (Wildman–Crippen MR) is 132 cm³/mol. The van der Waals surface area contributed by atoms with Crippen LogP contribution in [0.25, 0.3) is 11.3 Å². The molecule has 0 spiro atoms. The van der Waals surface area contributed by atoms with Crippen LogP contribution in [0.5, 0.6) is 0 Å². The number of likely N-dealkylation sites (tertiary alicyclic amines) is 1.